The average molecular weight is 298 g/mol. The molecule has 0 aliphatic carbocycles. The van der Waals surface area contributed by atoms with Crippen molar-refractivity contribution >= 4 is 11.8 Å². The van der Waals surface area contributed by atoms with Gasteiger partial charge in [-0.25, -0.2) is 4.98 Å². The quantitative estimate of drug-likeness (QED) is 0.790. The predicted molar refractivity (Wildman–Crippen MR) is 93.3 cm³/mol. The molecule has 0 spiro atoms. The van der Waals surface area contributed by atoms with E-state index in [1.54, 1.807) is 0 Å². The Bertz CT molecular complexity index is 550. The zero-order valence-electron chi connectivity index (χ0n) is 13.8. The summed E-state index contributed by atoms with van der Waals surface area (Å²) in [6.07, 6.45) is 4.03. The van der Waals surface area contributed by atoms with Crippen LogP contribution in [0.3, 0.4) is 0 Å². The molecule has 0 fully saturated rings. The molecule has 0 amide bonds. The van der Waals surface area contributed by atoms with Crippen LogP contribution in [0.15, 0.2) is 42.6 Å². The molecule has 2 aromatic rings. The monoisotopic (exact) mass is 298 g/mol. The first-order valence-corrected chi connectivity index (χ1v) is 8.14. The van der Waals surface area contributed by atoms with Gasteiger partial charge in [0.1, 0.15) is 5.82 Å². The summed E-state index contributed by atoms with van der Waals surface area (Å²) in [6, 6.07) is 12.5. The first-order valence-electron chi connectivity index (χ1n) is 8.14. The Balaban J connectivity index is 2.10. The van der Waals surface area contributed by atoms with Crippen LogP contribution in [0.5, 0.6) is 0 Å². The van der Waals surface area contributed by atoms with Gasteiger partial charge in [0.15, 0.2) is 0 Å². The SMILES string of the molecule is CCCN(CCC)c1nccc(NC(C)c2ccccc2)n1. The Morgan fingerprint density at radius 1 is 1.05 bits per heavy atom. The maximum atomic E-state index is 4.68. The Kier molecular flexibility index (Phi) is 6.19. The number of rotatable bonds is 8. The molecular formula is C18H26N4. The number of benzene rings is 1. The van der Waals surface area contributed by atoms with Crippen LogP contribution in [0.25, 0.3) is 0 Å². The summed E-state index contributed by atoms with van der Waals surface area (Å²) in [5.41, 5.74) is 1.25. The highest BCUT2D eigenvalue weighted by Gasteiger charge is 2.10. The van der Waals surface area contributed by atoms with Gasteiger partial charge >= 0.3 is 0 Å². The number of anilines is 2. The van der Waals surface area contributed by atoms with Gasteiger partial charge in [-0.15, -0.1) is 0 Å². The van der Waals surface area contributed by atoms with Crippen LogP contribution in [0.1, 0.15) is 45.2 Å². The number of aromatic nitrogens is 2. The molecule has 0 aliphatic heterocycles. The number of hydrogen-bond donors (Lipinski definition) is 1. The van der Waals surface area contributed by atoms with Gasteiger partial charge in [0, 0.05) is 25.3 Å². The van der Waals surface area contributed by atoms with Crippen LogP contribution < -0.4 is 10.2 Å². The van der Waals surface area contributed by atoms with Crippen molar-refractivity contribution in [2.24, 2.45) is 0 Å². The second-order valence-electron chi connectivity index (χ2n) is 5.51. The van der Waals surface area contributed by atoms with Gasteiger partial charge in [-0.3, -0.25) is 0 Å². The van der Waals surface area contributed by atoms with Crippen LogP contribution in [0.2, 0.25) is 0 Å². The van der Waals surface area contributed by atoms with Crippen LogP contribution in [0, 0.1) is 0 Å². The highest BCUT2D eigenvalue weighted by molar-refractivity contribution is 5.43. The van der Waals surface area contributed by atoms with Crippen LogP contribution >= 0.6 is 0 Å². The molecule has 4 nitrogen and oxygen atoms in total. The normalized spacial score (nSPS) is 12.0. The Morgan fingerprint density at radius 2 is 1.73 bits per heavy atom. The molecule has 1 N–H and O–H groups in total. The molecule has 0 radical (unpaired) electrons. The molecule has 0 bridgehead atoms. The molecule has 22 heavy (non-hydrogen) atoms. The lowest BCUT2D eigenvalue weighted by atomic mass is 10.1. The average Bonchev–Trinajstić information content (AvgIpc) is 2.56. The van der Waals surface area contributed by atoms with Gasteiger partial charge in [0.05, 0.1) is 0 Å². The third kappa shape index (κ3) is 4.45. The first kappa shape index (κ1) is 16.3. The fourth-order valence-electron chi connectivity index (χ4n) is 2.48. The lowest BCUT2D eigenvalue weighted by Gasteiger charge is -2.22. The summed E-state index contributed by atoms with van der Waals surface area (Å²) in [7, 11) is 0. The van der Waals surface area contributed by atoms with Crippen LogP contribution in [-0.4, -0.2) is 23.1 Å². The zero-order valence-corrected chi connectivity index (χ0v) is 13.8. The van der Waals surface area contributed by atoms with Gasteiger partial charge in [-0.1, -0.05) is 44.2 Å². The molecule has 1 aromatic carbocycles. The molecule has 118 valence electrons. The third-order valence-electron chi connectivity index (χ3n) is 3.58. The number of nitrogens with zero attached hydrogens (tertiary/aromatic N) is 3. The van der Waals surface area contributed by atoms with E-state index in [-0.39, 0.29) is 6.04 Å². The van der Waals surface area contributed by atoms with E-state index in [0.29, 0.717) is 0 Å². The number of hydrogen-bond acceptors (Lipinski definition) is 4. The van der Waals surface area contributed by atoms with Crippen molar-refractivity contribution < 1.29 is 0 Å². The van der Waals surface area contributed by atoms with E-state index in [0.717, 1.165) is 37.7 Å². The predicted octanol–water partition coefficient (Wildman–Crippen LogP) is 4.28. The Labute approximate surface area is 133 Å². The summed E-state index contributed by atoms with van der Waals surface area (Å²) in [4.78, 5) is 11.4. The second kappa shape index (κ2) is 8.37. The van der Waals surface area contributed by atoms with Crippen LogP contribution in [-0.2, 0) is 0 Å². The maximum Gasteiger partial charge on any atom is 0.227 e. The molecule has 0 aliphatic rings. The van der Waals surface area contributed by atoms with Crippen molar-refractivity contribution in [3.05, 3.63) is 48.2 Å². The fourth-order valence-corrected chi connectivity index (χ4v) is 2.48. The lowest BCUT2D eigenvalue weighted by Crippen LogP contribution is -2.27. The molecule has 1 heterocycles. The standard InChI is InChI=1S/C18H26N4/c1-4-13-22(14-5-2)18-19-12-11-17(21-18)20-15(3)16-9-7-6-8-10-16/h6-12,15H,4-5,13-14H2,1-3H3,(H,19,20,21). The van der Waals surface area contributed by atoms with E-state index in [4.69, 9.17) is 0 Å². The summed E-state index contributed by atoms with van der Waals surface area (Å²) in [5.74, 6) is 1.69. The largest absolute Gasteiger partial charge is 0.363 e. The molecule has 0 saturated heterocycles. The fraction of sp³-hybridized carbons (Fsp3) is 0.444. The summed E-state index contributed by atoms with van der Waals surface area (Å²) < 4.78 is 0. The molecule has 1 atom stereocenters. The topological polar surface area (TPSA) is 41.1 Å². The minimum atomic E-state index is 0.217. The number of nitrogens with one attached hydrogen (secondary N) is 1. The minimum absolute atomic E-state index is 0.217. The summed E-state index contributed by atoms with van der Waals surface area (Å²) in [6.45, 7) is 8.49. The smallest absolute Gasteiger partial charge is 0.227 e. The summed E-state index contributed by atoms with van der Waals surface area (Å²) >= 11 is 0. The van der Waals surface area contributed by atoms with Crippen molar-refractivity contribution in [1.29, 1.82) is 0 Å². The molecule has 4 heteroatoms. The Morgan fingerprint density at radius 3 is 2.36 bits per heavy atom. The van der Waals surface area contributed by atoms with Crippen molar-refractivity contribution in [2.45, 2.75) is 39.7 Å². The van der Waals surface area contributed by atoms with Crippen molar-refractivity contribution in [3.8, 4) is 0 Å². The van der Waals surface area contributed by atoms with Crippen LogP contribution in [0.4, 0.5) is 11.8 Å². The second-order valence-corrected chi connectivity index (χ2v) is 5.51. The zero-order chi connectivity index (χ0) is 15.8. The summed E-state index contributed by atoms with van der Waals surface area (Å²) in [5, 5.41) is 3.46. The van der Waals surface area contributed by atoms with E-state index < -0.39 is 0 Å². The third-order valence-corrected chi connectivity index (χ3v) is 3.58. The lowest BCUT2D eigenvalue weighted by molar-refractivity contribution is 0.720. The van der Waals surface area contributed by atoms with E-state index in [2.05, 4.69) is 65.2 Å². The minimum Gasteiger partial charge on any atom is -0.363 e. The van der Waals surface area contributed by atoms with Gasteiger partial charge in [-0.05, 0) is 31.4 Å². The van der Waals surface area contributed by atoms with E-state index in [1.807, 2.05) is 18.3 Å². The molecule has 1 unspecified atom stereocenters. The van der Waals surface area contributed by atoms with Gasteiger partial charge in [-0.2, -0.15) is 4.98 Å². The molecule has 0 saturated carbocycles. The highest BCUT2D eigenvalue weighted by Crippen LogP contribution is 2.19. The van der Waals surface area contributed by atoms with Crippen molar-refractivity contribution in [3.63, 3.8) is 0 Å². The Hall–Kier alpha value is -2.10. The van der Waals surface area contributed by atoms with Crippen molar-refractivity contribution in [1.82, 2.24) is 9.97 Å². The maximum absolute atomic E-state index is 4.68. The van der Waals surface area contributed by atoms with Gasteiger partial charge < -0.3 is 10.2 Å². The van der Waals surface area contributed by atoms with E-state index in [9.17, 15) is 0 Å². The first-order chi connectivity index (χ1) is 10.7. The van der Waals surface area contributed by atoms with Gasteiger partial charge in [0.2, 0.25) is 5.95 Å². The van der Waals surface area contributed by atoms with Crippen molar-refractivity contribution in [2.75, 3.05) is 23.3 Å². The van der Waals surface area contributed by atoms with E-state index in [1.165, 1.54) is 5.56 Å². The molecular weight excluding hydrogens is 272 g/mol. The highest BCUT2D eigenvalue weighted by atomic mass is 15.3. The van der Waals surface area contributed by atoms with Gasteiger partial charge in [0.25, 0.3) is 0 Å². The molecule has 2 rings (SSSR count). The van der Waals surface area contributed by atoms with E-state index >= 15 is 0 Å². The molecule has 1 aromatic heterocycles.